The van der Waals surface area contributed by atoms with E-state index in [9.17, 15) is 0 Å². The van der Waals surface area contributed by atoms with Crippen molar-refractivity contribution in [3.8, 4) is 0 Å². The number of anilines is 1. The second-order valence-corrected chi connectivity index (χ2v) is 6.36. The first-order valence-corrected chi connectivity index (χ1v) is 7.05. The zero-order chi connectivity index (χ0) is 13.4. The largest absolute Gasteiger partial charge is 0.376 e. The molecule has 0 fully saturated rings. The minimum Gasteiger partial charge on any atom is -0.376 e. The molecule has 0 saturated carbocycles. The van der Waals surface area contributed by atoms with Crippen LogP contribution in [0, 0.1) is 27.7 Å². The summed E-state index contributed by atoms with van der Waals surface area (Å²) in [5.74, 6) is 0. The van der Waals surface area contributed by atoms with E-state index in [1.54, 1.807) is 0 Å². The van der Waals surface area contributed by atoms with Crippen molar-refractivity contribution in [1.82, 2.24) is 9.78 Å². The van der Waals surface area contributed by atoms with Gasteiger partial charge < -0.3 is 5.32 Å². The van der Waals surface area contributed by atoms with Crippen LogP contribution in [0.3, 0.4) is 0 Å². The number of aryl methyl sites for hydroxylation is 4. The van der Waals surface area contributed by atoms with E-state index >= 15 is 0 Å². The average Bonchev–Trinajstić information content (AvgIpc) is 2.73. The monoisotopic (exact) mass is 263 g/mol. The summed E-state index contributed by atoms with van der Waals surface area (Å²) in [4.78, 5) is 2.77. The van der Waals surface area contributed by atoms with Gasteiger partial charge in [-0.15, -0.1) is 11.3 Å². The molecular weight excluding hydrogens is 242 g/mol. The van der Waals surface area contributed by atoms with Crippen LogP contribution in [0.25, 0.3) is 0 Å². The first-order valence-electron chi connectivity index (χ1n) is 6.23. The number of thiophene rings is 1. The lowest BCUT2D eigenvalue weighted by atomic mass is 10.1. The summed E-state index contributed by atoms with van der Waals surface area (Å²) in [5.41, 5.74) is 4.80. The van der Waals surface area contributed by atoms with Gasteiger partial charge in [0.1, 0.15) is 0 Å². The molecule has 1 N–H and O–H groups in total. The molecule has 2 heterocycles. The van der Waals surface area contributed by atoms with Crippen LogP contribution >= 0.6 is 11.3 Å². The van der Waals surface area contributed by atoms with Crippen molar-refractivity contribution in [3.05, 3.63) is 32.8 Å². The van der Waals surface area contributed by atoms with Gasteiger partial charge in [0.2, 0.25) is 0 Å². The van der Waals surface area contributed by atoms with Gasteiger partial charge >= 0.3 is 0 Å². The Hall–Kier alpha value is -1.29. The van der Waals surface area contributed by atoms with Crippen LogP contribution < -0.4 is 5.32 Å². The fraction of sp³-hybridized carbons (Fsp3) is 0.500. The number of rotatable bonds is 3. The summed E-state index contributed by atoms with van der Waals surface area (Å²) in [7, 11) is 1.98. The zero-order valence-corrected chi connectivity index (χ0v) is 12.8. The van der Waals surface area contributed by atoms with Crippen molar-refractivity contribution in [2.75, 3.05) is 5.32 Å². The normalized spacial score (nSPS) is 12.8. The summed E-state index contributed by atoms with van der Waals surface area (Å²) < 4.78 is 1.93. The predicted octanol–water partition coefficient (Wildman–Crippen LogP) is 3.89. The third-order valence-corrected chi connectivity index (χ3v) is 4.40. The lowest BCUT2D eigenvalue weighted by molar-refractivity contribution is 0.731. The number of hydrogen-bond donors (Lipinski definition) is 1. The van der Waals surface area contributed by atoms with E-state index in [0.29, 0.717) is 6.04 Å². The Morgan fingerprint density at radius 3 is 2.39 bits per heavy atom. The molecule has 0 aliphatic carbocycles. The van der Waals surface area contributed by atoms with Crippen LogP contribution in [0.5, 0.6) is 0 Å². The van der Waals surface area contributed by atoms with Gasteiger partial charge in [-0.05, 0) is 46.2 Å². The summed E-state index contributed by atoms with van der Waals surface area (Å²) in [6.45, 7) is 10.7. The molecule has 0 saturated heterocycles. The Bertz CT molecular complexity index is 566. The minimum absolute atomic E-state index is 0.316. The highest BCUT2D eigenvalue weighted by Gasteiger charge is 2.15. The third kappa shape index (κ3) is 2.29. The van der Waals surface area contributed by atoms with Gasteiger partial charge in [-0.3, -0.25) is 4.68 Å². The molecule has 0 radical (unpaired) electrons. The SMILES string of the molecule is Cc1cc(C(C)Nc2c(C)nn(C)c2C)c(C)s1. The molecule has 2 aromatic rings. The number of nitrogens with one attached hydrogen (secondary N) is 1. The number of nitrogens with zero attached hydrogens (tertiary/aromatic N) is 2. The average molecular weight is 263 g/mol. The van der Waals surface area contributed by atoms with Gasteiger partial charge in [-0.2, -0.15) is 5.10 Å². The molecule has 18 heavy (non-hydrogen) atoms. The van der Waals surface area contributed by atoms with E-state index in [1.165, 1.54) is 21.0 Å². The Morgan fingerprint density at radius 1 is 1.28 bits per heavy atom. The molecule has 4 heteroatoms. The second kappa shape index (κ2) is 4.76. The van der Waals surface area contributed by atoms with Crippen LogP contribution in [-0.2, 0) is 7.05 Å². The molecule has 0 aliphatic heterocycles. The summed E-state index contributed by atoms with van der Waals surface area (Å²) >= 11 is 1.86. The Kier molecular flexibility index (Phi) is 3.48. The molecular formula is C14H21N3S. The van der Waals surface area contributed by atoms with E-state index in [2.05, 4.69) is 44.2 Å². The van der Waals surface area contributed by atoms with Crippen LogP contribution in [0.2, 0.25) is 0 Å². The maximum absolute atomic E-state index is 4.44. The molecule has 0 aliphatic rings. The fourth-order valence-electron chi connectivity index (χ4n) is 2.36. The van der Waals surface area contributed by atoms with E-state index in [0.717, 1.165) is 11.4 Å². The first-order chi connectivity index (χ1) is 8.40. The summed E-state index contributed by atoms with van der Waals surface area (Å²) in [5, 5.41) is 8.03. The minimum atomic E-state index is 0.316. The van der Waals surface area contributed by atoms with Gasteiger partial charge in [-0.1, -0.05) is 0 Å². The fourth-order valence-corrected chi connectivity index (χ4v) is 3.38. The van der Waals surface area contributed by atoms with Crippen molar-refractivity contribution in [2.24, 2.45) is 7.05 Å². The molecule has 0 spiro atoms. The summed E-state index contributed by atoms with van der Waals surface area (Å²) in [6.07, 6.45) is 0. The molecule has 98 valence electrons. The quantitative estimate of drug-likeness (QED) is 0.910. The lowest BCUT2D eigenvalue weighted by Gasteiger charge is -2.15. The highest BCUT2D eigenvalue weighted by Crippen LogP contribution is 2.30. The van der Waals surface area contributed by atoms with E-state index in [4.69, 9.17) is 0 Å². The van der Waals surface area contributed by atoms with Crippen molar-refractivity contribution in [2.45, 2.75) is 40.7 Å². The lowest BCUT2D eigenvalue weighted by Crippen LogP contribution is -2.08. The molecule has 3 nitrogen and oxygen atoms in total. The van der Waals surface area contributed by atoms with Gasteiger partial charge in [0.05, 0.1) is 17.1 Å². The first kappa shape index (κ1) is 13.1. The zero-order valence-electron chi connectivity index (χ0n) is 12.0. The molecule has 1 unspecified atom stereocenters. The molecule has 0 bridgehead atoms. The standard InChI is InChI=1S/C14H21N3S/c1-8-7-13(12(5)18-8)9(2)15-14-10(3)16-17(6)11(14)4/h7,9,15H,1-6H3. The molecule has 0 aromatic carbocycles. The van der Waals surface area contributed by atoms with Crippen molar-refractivity contribution >= 4 is 17.0 Å². The second-order valence-electron chi connectivity index (χ2n) is 4.90. The van der Waals surface area contributed by atoms with Gasteiger partial charge in [0.15, 0.2) is 0 Å². The number of hydrogen-bond acceptors (Lipinski definition) is 3. The summed E-state index contributed by atoms with van der Waals surface area (Å²) in [6, 6.07) is 2.59. The highest BCUT2D eigenvalue weighted by molar-refractivity contribution is 7.12. The van der Waals surface area contributed by atoms with Crippen LogP contribution in [0.15, 0.2) is 6.07 Å². The van der Waals surface area contributed by atoms with E-state index in [1.807, 2.05) is 30.0 Å². The topological polar surface area (TPSA) is 29.9 Å². The van der Waals surface area contributed by atoms with Gasteiger partial charge in [0.25, 0.3) is 0 Å². The molecule has 2 aromatic heterocycles. The Balaban J connectivity index is 2.26. The van der Waals surface area contributed by atoms with E-state index < -0.39 is 0 Å². The van der Waals surface area contributed by atoms with E-state index in [-0.39, 0.29) is 0 Å². The van der Waals surface area contributed by atoms with Crippen LogP contribution in [-0.4, -0.2) is 9.78 Å². The van der Waals surface area contributed by atoms with Crippen molar-refractivity contribution in [1.29, 1.82) is 0 Å². The highest BCUT2D eigenvalue weighted by atomic mass is 32.1. The molecule has 2 rings (SSSR count). The van der Waals surface area contributed by atoms with Crippen molar-refractivity contribution < 1.29 is 0 Å². The predicted molar refractivity (Wildman–Crippen MR) is 78.5 cm³/mol. The number of aromatic nitrogens is 2. The van der Waals surface area contributed by atoms with Crippen LogP contribution in [0.1, 0.15) is 39.7 Å². The molecule has 1 atom stereocenters. The van der Waals surface area contributed by atoms with Crippen molar-refractivity contribution in [3.63, 3.8) is 0 Å². The Labute approximate surface area is 113 Å². The third-order valence-electron chi connectivity index (χ3n) is 3.42. The smallest absolute Gasteiger partial charge is 0.0828 e. The van der Waals surface area contributed by atoms with Crippen LogP contribution in [0.4, 0.5) is 5.69 Å². The van der Waals surface area contributed by atoms with Gasteiger partial charge in [0, 0.05) is 22.8 Å². The maximum atomic E-state index is 4.44. The molecule has 0 amide bonds. The Morgan fingerprint density at radius 2 is 1.94 bits per heavy atom. The van der Waals surface area contributed by atoms with Gasteiger partial charge in [-0.25, -0.2) is 0 Å². The maximum Gasteiger partial charge on any atom is 0.0828 e.